The number of methoxy groups -OCH3 is 1. The Labute approximate surface area is 129 Å². The first-order valence-electron chi connectivity index (χ1n) is 6.33. The summed E-state index contributed by atoms with van der Waals surface area (Å²) in [6.45, 7) is 6.05. The van der Waals surface area contributed by atoms with Crippen LogP contribution in [-0.2, 0) is 25.2 Å². The molecule has 0 saturated heterocycles. The standard InChI is InChI=1S/C12H21N3O4S2/c1-12(2,3)9-8-20-11(13-9)14-21(17,18)15(4)7-6-10(16)19-5/h8H,6-7H2,1-5H3,(H,13,14). The predicted molar refractivity (Wildman–Crippen MR) is 82.6 cm³/mol. The van der Waals surface area contributed by atoms with Gasteiger partial charge in [-0.3, -0.25) is 4.79 Å². The second kappa shape index (κ2) is 6.71. The molecule has 1 N–H and O–H groups in total. The normalized spacial score (nSPS) is 12.5. The quantitative estimate of drug-likeness (QED) is 0.798. The van der Waals surface area contributed by atoms with E-state index in [1.807, 2.05) is 26.2 Å². The third kappa shape index (κ3) is 5.25. The van der Waals surface area contributed by atoms with E-state index in [-0.39, 0.29) is 18.4 Å². The number of ether oxygens (including phenoxy) is 1. The highest BCUT2D eigenvalue weighted by atomic mass is 32.2. The Kier molecular flexibility index (Phi) is 5.71. The van der Waals surface area contributed by atoms with Crippen molar-refractivity contribution in [3.05, 3.63) is 11.1 Å². The highest BCUT2D eigenvalue weighted by Crippen LogP contribution is 2.27. The lowest BCUT2D eigenvalue weighted by atomic mass is 9.93. The molecule has 0 bridgehead atoms. The number of nitrogens with zero attached hydrogens (tertiary/aromatic N) is 2. The molecule has 0 spiro atoms. The first-order chi connectivity index (χ1) is 9.56. The number of hydrogen-bond acceptors (Lipinski definition) is 6. The van der Waals surface area contributed by atoms with Crippen molar-refractivity contribution in [1.29, 1.82) is 0 Å². The van der Waals surface area contributed by atoms with Crippen LogP contribution in [0.3, 0.4) is 0 Å². The second-order valence-corrected chi connectivity index (χ2v) is 8.18. The van der Waals surface area contributed by atoms with Gasteiger partial charge in [0.1, 0.15) is 0 Å². The summed E-state index contributed by atoms with van der Waals surface area (Å²) in [7, 11) is -1.07. The fourth-order valence-corrected chi connectivity index (χ4v) is 3.37. The molecule has 0 aliphatic rings. The molecule has 1 rings (SSSR count). The maximum atomic E-state index is 12.1. The monoisotopic (exact) mass is 335 g/mol. The molecule has 1 heterocycles. The summed E-state index contributed by atoms with van der Waals surface area (Å²) >= 11 is 1.23. The topological polar surface area (TPSA) is 88.6 Å². The molecule has 0 radical (unpaired) electrons. The Hall–Kier alpha value is -1.19. The minimum absolute atomic E-state index is 0.000972. The van der Waals surface area contributed by atoms with Gasteiger partial charge in [-0.05, 0) is 0 Å². The lowest BCUT2D eigenvalue weighted by Crippen LogP contribution is -2.34. The van der Waals surface area contributed by atoms with E-state index in [4.69, 9.17) is 0 Å². The molecule has 7 nitrogen and oxygen atoms in total. The lowest BCUT2D eigenvalue weighted by molar-refractivity contribution is -0.140. The van der Waals surface area contributed by atoms with Gasteiger partial charge in [0.15, 0.2) is 5.13 Å². The van der Waals surface area contributed by atoms with E-state index in [2.05, 4.69) is 14.4 Å². The highest BCUT2D eigenvalue weighted by Gasteiger charge is 2.22. The van der Waals surface area contributed by atoms with Crippen LogP contribution in [0, 0.1) is 0 Å². The van der Waals surface area contributed by atoms with Gasteiger partial charge in [-0.25, -0.2) is 9.71 Å². The number of rotatable bonds is 6. The van der Waals surface area contributed by atoms with Gasteiger partial charge in [-0.1, -0.05) is 20.8 Å². The second-order valence-electron chi connectivity index (χ2n) is 5.54. The summed E-state index contributed by atoms with van der Waals surface area (Å²) in [6.07, 6.45) is -0.000972. The molecule has 1 aromatic heterocycles. The fraction of sp³-hybridized carbons (Fsp3) is 0.667. The van der Waals surface area contributed by atoms with Crippen LogP contribution in [0.25, 0.3) is 0 Å². The summed E-state index contributed by atoms with van der Waals surface area (Å²) in [6, 6.07) is 0. The number of anilines is 1. The smallest absolute Gasteiger partial charge is 0.306 e. The molecule has 0 amide bonds. The average Bonchev–Trinajstić information content (AvgIpc) is 2.82. The first kappa shape index (κ1) is 17.9. The molecule has 0 aromatic carbocycles. The summed E-state index contributed by atoms with van der Waals surface area (Å²) in [5, 5.41) is 2.14. The van der Waals surface area contributed by atoms with Gasteiger partial charge in [0.25, 0.3) is 0 Å². The maximum Gasteiger partial charge on any atom is 0.306 e. The molecule has 1 aromatic rings. The minimum atomic E-state index is -3.73. The molecule has 21 heavy (non-hydrogen) atoms. The van der Waals surface area contributed by atoms with Gasteiger partial charge in [0.05, 0.1) is 19.2 Å². The Morgan fingerprint density at radius 2 is 2.10 bits per heavy atom. The third-order valence-electron chi connectivity index (χ3n) is 2.76. The molecule has 0 aliphatic carbocycles. The van der Waals surface area contributed by atoms with Crippen molar-refractivity contribution >= 4 is 32.6 Å². The van der Waals surface area contributed by atoms with Crippen LogP contribution in [0.2, 0.25) is 0 Å². The van der Waals surface area contributed by atoms with Crippen LogP contribution in [0.5, 0.6) is 0 Å². The SMILES string of the molecule is COC(=O)CCN(C)S(=O)(=O)Nc1nc(C(C)(C)C)cs1. The molecule has 0 unspecified atom stereocenters. The Morgan fingerprint density at radius 3 is 2.57 bits per heavy atom. The van der Waals surface area contributed by atoms with Crippen molar-refractivity contribution in [3.8, 4) is 0 Å². The molecule has 120 valence electrons. The average molecular weight is 335 g/mol. The van der Waals surface area contributed by atoms with E-state index in [0.29, 0.717) is 5.13 Å². The first-order valence-corrected chi connectivity index (χ1v) is 8.65. The largest absolute Gasteiger partial charge is 0.469 e. The number of esters is 1. The maximum absolute atomic E-state index is 12.1. The number of carbonyl (C=O) groups is 1. The fourth-order valence-electron chi connectivity index (χ4n) is 1.32. The number of carbonyl (C=O) groups excluding carboxylic acids is 1. The van der Waals surface area contributed by atoms with Crippen molar-refractivity contribution in [1.82, 2.24) is 9.29 Å². The van der Waals surface area contributed by atoms with E-state index in [1.165, 1.54) is 25.5 Å². The van der Waals surface area contributed by atoms with Crippen molar-refractivity contribution in [2.75, 3.05) is 25.4 Å². The Balaban J connectivity index is 2.71. The van der Waals surface area contributed by atoms with Crippen LogP contribution >= 0.6 is 11.3 Å². The van der Waals surface area contributed by atoms with Gasteiger partial charge in [-0.2, -0.15) is 12.7 Å². The zero-order chi connectivity index (χ0) is 16.3. The number of hydrogen-bond donors (Lipinski definition) is 1. The predicted octanol–water partition coefficient (Wildman–Crippen LogP) is 1.59. The number of aromatic nitrogens is 1. The van der Waals surface area contributed by atoms with E-state index < -0.39 is 16.2 Å². The molecule has 0 saturated carbocycles. The number of thiazole rings is 1. The summed E-state index contributed by atoms with van der Waals surface area (Å²) < 4.78 is 32.1. The van der Waals surface area contributed by atoms with Gasteiger partial charge in [0, 0.05) is 24.4 Å². The van der Waals surface area contributed by atoms with Gasteiger partial charge >= 0.3 is 16.2 Å². The van der Waals surface area contributed by atoms with Crippen LogP contribution < -0.4 is 4.72 Å². The van der Waals surface area contributed by atoms with Gasteiger partial charge in [0.2, 0.25) is 0 Å². The highest BCUT2D eigenvalue weighted by molar-refractivity contribution is 7.90. The Morgan fingerprint density at radius 1 is 1.48 bits per heavy atom. The summed E-state index contributed by atoms with van der Waals surface area (Å²) in [5.74, 6) is -0.457. The molecule has 0 atom stereocenters. The van der Waals surface area contributed by atoms with Crippen LogP contribution in [-0.4, -0.2) is 44.4 Å². The molecular weight excluding hydrogens is 314 g/mol. The molecule has 0 aliphatic heterocycles. The minimum Gasteiger partial charge on any atom is -0.469 e. The lowest BCUT2D eigenvalue weighted by Gasteiger charge is -2.17. The van der Waals surface area contributed by atoms with Crippen molar-refractivity contribution < 1.29 is 17.9 Å². The van der Waals surface area contributed by atoms with E-state index in [0.717, 1.165) is 10.00 Å². The Bertz CT molecular complexity index is 590. The third-order valence-corrected chi connectivity index (χ3v) is 5.10. The van der Waals surface area contributed by atoms with E-state index >= 15 is 0 Å². The van der Waals surface area contributed by atoms with E-state index in [1.54, 1.807) is 0 Å². The zero-order valence-corrected chi connectivity index (χ0v) is 14.5. The van der Waals surface area contributed by atoms with E-state index in [9.17, 15) is 13.2 Å². The van der Waals surface area contributed by atoms with Gasteiger partial charge in [-0.15, -0.1) is 11.3 Å². The zero-order valence-electron chi connectivity index (χ0n) is 12.8. The summed E-state index contributed by atoms with van der Waals surface area (Å²) in [4.78, 5) is 15.3. The molecule has 0 fully saturated rings. The number of nitrogens with one attached hydrogen (secondary N) is 1. The van der Waals surface area contributed by atoms with Crippen molar-refractivity contribution in [3.63, 3.8) is 0 Å². The van der Waals surface area contributed by atoms with Gasteiger partial charge < -0.3 is 4.74 Å². The molecular formula is C12H21N3O4S2. The van der Waals surface area contributed by atoms with Crippen molar-refractivity contribution in [2.45, 2.75) is 32.6 Å². The summed E-state index contributed by atoms with van der Waals surface area (Å²) in [5.41, 5.74) is 0.680. The van der Waals surface area contributed by atoms with Crippen LogP contribution in [0.4, 0.5) is 5.13 Å². The molecule has 9 heteroatoms. The van der Waals surface area contributed by atoms with Crippen molar-refractivity contribution in [2.24, 2.45) is 0 Å². The van der Waals surface area contributed by atoms with Crippen LogP contribution in [0.15, 0.2) is 5.38 Å². The van der Waals surface area contributed by atoms with Crippen LogP contribution in [0.1, 0.15) is 32.9 Å².